The molecule has 0 bridgehead atoms. The lowest BCUT2D eigenvalue weighted by molar-refractivity contribution is 0.471. The van der Waals surface area contributed by atoms with Crippen molar-refractivity contribution in [2.45, 2.75) is 6.42 Å². The fourth-order valence-electron chi connectivity index (χ4n) is 0.612. The highest BCUT2D eigenvalue weighted by Gasteiger charge is 1.86. The van der Waals surface area contributed by atoms with Crippen molar-refractivity contribution in [1.82, 2.24) is 9.97 Å². The van der Waals surface area contributed by atoms with Gasteiger partial charge in [0.2, 0.25) is 0 Å². The van der Waals surface area contributed by atoms with Crippen LogP contribution in [0.3, 0.4) is 0 Å². The molecule has 1 aromatic heterocycles. The van der Waals surface area contributed by atoms with Crippen LogP contribution in [0.15, 0.2) is 30.9 Å². The Labute approximate surface area is 59.1 Å². The quantitative estimate of drug-likeness (QED) is 0.619. The van der Waals surface area contributed by atoms with Crippen LogP contribution in [-0.2, 0) is 6.42 Å². The molecule has 0 atom stereocenters. The van der Waals surface area contributed by atoms with Crippen LogP contribution >= 0.6 is 0 Å². The van der Waals surface area contributed by atoms with E-state index in [1.807, 2.05) is 0 Å². The lowest BCUT2D eigenvalue weighted by Crippen LogP contribution is -1.86. The molecule has 1 heterocycles. The number of aromatic nitrogens is 2. The van der Waals surface area contributed by atoms with Crippen molar-refractivity contribution in [1.29, 1.82) is 0 Å². The van der Waals surface area contributed by atoms with Crippen molar-refractivity contribution >= 4 is 0 Å². The molecule has 1 N–H and O–H groups in total. The van der Waals surface area contributed by atoms with Gasteiger partial charge in [0.05, 0.1) is 6.26 Å². The summed E-state index contributed by atoms with van der Waals surface area (Å²) in [6, 6.07) is 1.81. The normalized spacial score (nSPS) is 10.4. The molecule has 3 nitrogen and oxygen atoms in total. The summed E-state index contributed by atoms with van der Waals surface area (Å²) in [6.07, 6.45) is 6.46. The van der Waals surface area contributed by atoms with Gasteiger partial charge < -0.3 is 5.11 Å². The first-order chi connectivity index (χ1) is 4.93. The van der Waals surface area contributed by atoms with Gasteiger partial charge in [0.1, 0.15) is 6.33 Å². The summed E-state index contributed by atoms with van der Waals surface area (Å²) in [5.74, 6) is 0. The van der Waals surface area contributed by atoms with Gasteiger partial charge in [-0.25, -0.2) is 9.97 Å². The largest absolute Gasteiger partial charge is 0.516 e. The SMILES string of the molecule is OC=CCc1ccncn1. The zero-order valence-electron chi connectivity index (χ0n) is 5.44. The Kier molecular flexibility index (Phi) is 2.43. The van der Waals surface area contributed by atoms with Gasteiger partial charge in [-0.05, 0) is 12.1 Å². The summed E-state index contributed by atoms with van der Waals surface area (Å²) in [6.45, 7) is 0. The van der Waals surface area contributed by atoms with Crippen molar-refractivity contribution in [3.05, 3.63) is 36.6 Å². The Morgan fingerprint density at radius 1 is 1.60 bits per heavy atom. The molecular formula is C7H8N2O. The maximum Gasteiger partial charge on any atom is 0.115 e. The molecule has 0 radical (unpaired) electrons. The van der Waals surface area contributed by atoms with Gasteiger partial charge in [-0.15, -0.1) is 0 Å². The number of hydrogen-bond donors (Lipinski definition) is 1. The molecule has 52 valence electrons. The van der Waals surface area contributed by atoms with Crippen LogP contribution in [0.1, 0.15) is 5.69 Å². The first-order valence-corrected chi connectivity index (χ1v) is 2.97. The van der Waals surface area contributed by atoms with Gasteiger partial charge in [-0.3, -0.25) is 0 Å². The minimum Gasteiger partial charge on any atom is -0.516 e. The highest BCUT2D eigenvalue weighted by molar-refractivity contribution is 5.02. The molecule has 0 spiro atoms. The third kappa shape index (κ3) is 1.85. The molecule has 0 saturated carbocycles. The fourth-order valence-corrected chi connectivity index (χ4v) is 0.612. The number of aliphatic hydroxyl groups is 1. The summed E-state index contributed by atoms with van der Waals surface area (Å²) < 4.78 is 0. The summed E-state index contributed by atoms with van der Waals surface area (Å²) >= 11 is 0. The Bertz CT molecular complexity index is 208. The number of aliphatic hydroxyl groups excluding tert-OH is 1. The van der Waals surface area contributed by atoms with Crippen LogP contribution < -0.4 is 0 Å². The predicted molar refractivity (Wildman–Crippen MR) is 37.5 cm³/mol. The number of rotatable bonds is 2. The zero-order chi connectivity index (χ0) is 7.23. The van der Waals surface area contributed by atoms with Crippen LogP contribution in [0.5, 0.6) is 0 Å². The van der Waals surface area contributed by atoms with E-state index < -0.39 is 0 Å². The predicted octanol–water partition coefficient (Wildman–Crippen LogP) is 1.09. The molecule has 0 amide bonds. The third-order valence-corrected chi connectivity index (χ3v) is 1.08. The summed E-state index contributed by atoms with van der Waals surface area (Å²) in [4.78, 5) is 7.70. The van der Waals surface area contributed by atoms with Crippen LogP contribution in [0.25, 0.3) is 0 Å². The molecule has 0 saturated heterocycles. The van der Waals surface area contributed by atoms with Gasteiger partial charge in [-0.2, -0.15) is 0 Å². The molecule has 0 aromatic carbocycles. The molecule has 0 aliphatic rings. The van der Waals surface area contributed by atoms with Gasteiger partial charge in [0, 0.05) is 18.3 Å². The average Bonchev–Trinajstić information content (AvgIpc) is 2.03. The van der Waals surface area contributed by atoms with Crippen molar-refractivity contribution in [2.24, 2.45) is 0 Å². The zero-order valence-corrected chi connectivity index (χ0v) is 5.44. The standard InChI is InChI=1S/C7H8N2O/c10-5-1-2-7-3-4-8-6-9-7/h1,3-6,10H,2H2. The van der Waals surface area contributed by atoms with E-state index >= 15 is 0 Å². The third-order valence-electron chi connectivity index (χ3n) is 1.08. The molecule has 0 aliphatic heterocycles. The minimum absolute atomic E-state index is 0.652. The monoisotopic (exact) mass is 136 g/mol. The van der Waals surface area contributed by atoms with E-state index in [0.717, 1.165) is 12.0 Å². The van der Waals surface area contributed by atoms with Crippen molar-refractivity contribution in [3.63, 3.8) is 0 Å². The average molecular weight is 136 g/mol. The van der Waals surface area contributed by atoms with E-state index in [2.05, 4.69) is 9.97 Å². The highest BCUT2D eigenvalue weighted by Crippen LogP contribution is 1.92. The molecule has 0 aliphatic carbocycles. The van der Waals surface area contributed by atoms with E-state index in [9.17, 15) is 0 Å². The van der Waals surface area contributed by atoms with Crippen LogP contribution in [0.4, 0.5) is 0 Å². The molecular weight excluding hydrogens is 128 g/mol. The van der Waals surface area contributed by atoms with E-state index in [1.54, 1.807) is 18.3 Å². The smallest absolute Gasteiger partial charge is 0.115 e. The molecule has 1 rings (SSSR count). The maximum atomic E-state index is 8.30. The molecule has 1 aromatic rings. The number of nitrogens with zero attached hydrogens (tertiary/aromatic N) is 2. The minimum atomic E-state index is 0.652. The topological polar surface area (TPSA) is 46.0 Å². The van der Waals surface area contributed by atoms with Crippen LogP contribution in [0.2, 0.25) is 0 Å². The first-order valence-electron chi connectivity index (χ1n) is 2.97. The van der Waals surface area contributed by atoms with Crippen molar-refractivity contribution in [3.8, 4) is 0 Å². The van der Waals surface area contributed by atoms with E-state index in [1.165, 1.54) is 6.33 Å². The Balaban J connectivity index is 2.59. The van der Waals surface area contributed by atoms with Gasteiger partial charge in [-0.1, -0.05) is 0 Å². The van der Waals surface area contributed by atoms with E-state index in [0.29, 0.717) is 6.42 Å². The number of allylic oxidation sites excluding steroid dienone is 1. The van der Waals surface area contributed by atoms with E-state index in [-0.39, 0.29) is 0 Å². The highest BCUT2D eigenvalue weighted by atomic mass is 16.2. The Morgan fingerprint density at radius 2 is 2.50 bits per heavy atom. The summed E-state index contributed by atoms with van der Waals surface area (Å²) in [5, 5.41) is 8.30. The van der Waals surface area contributed by atoms with Crippen LogP contribution in [0, 0.1) is 0 Å². The fraction of sp³-hybridized carbons (Fsp3) is 0.143. The molecule has 0 unspecified atom stereocenters. The van der Waals surface area contributed by atoms with Crippen LogP contribution in [-0.4, -0.2) is 15.1 Å². The van der Waals surface area contributed by atoms with Crippen molar-refractivity contribution in [2.75, 3.05) is 0 Å². The molecule has 0 fully saturated rings. The number of hydrogen-bond acceptors (Lipinski definition) is 3. The molecule has 3 heteroatoms. The Hall–Kier alpha value is -1.38. The van der Waals surface area contributed by atoms with Crippen molar-refractivity contribution < 1.29 is 5.11 Å². The molecule has 10 heavy (non-hydrogen) atoms. The summed E-state index contributed by atoms with van der Waals surface area (Å²) in [5.41, 5.74) is 0.903. The second-order valence-electron chi connectivity index (χ2n) is 1.79. The summed E-state index contributed by atoms with van der Waals surface area (Å²) in [7, 11) is 0. The first kappa shape index (κ1) is 6.74. The lowest BCUT2D eigenvalue weighted by atomic mass is 10.3. The second kappa shape index (κ2) is 3.61. The van der Waals surface area contributed by atoms with Gasteiger partial charge in [0.15, 0.2) is 0 Å². The lowest BCUT2D eigenvalue weighted by Gasteiger charge is -1.90. The Morgan fingerprint density at radius 3 is 3.10 bits per heavy atom. The van der Waals surface area contributed by atoms with E-state index in [4.69, 9.17) is 5.11 Å². The van der Waals surface area contributed by atoms with Gasteiger partial charge in [0.25, 0.3) is 0 Å². The maximum absolute atomic E-state index is 8.30. The second-order valence-corrected chi connectivity index (χ2v) is 1.79. The van der Waals surface area contributed by atoms with Gasteiger partial charge >= 0.3 is 0 Å².